The number of benzene rings is 1. The molecule has 1 fully saturated rings. The molecule has 0 aliphatic heterocycles. The molecule has 21 heavy (non-hydrogen) atoms. The second kappa shape index (κ2) is 8.08. The lowest BCUT2D eigenvalue weighted by molar-refractivity contribution is -0.143. The van der Waals surface area contributed by atoms with Crippen molar-refractivity contribution in [1.82, 2.24) is 5.32 Å². The van der Waals surface area contributed by atoms with Gasteiger partial charge in [0.25, 0.3) is 0 Å². The van der Waals surface area contributed by atoms with Crippen molar-refractivity contribution < 1.29 is 14.7 Å². The monoisotopic (exact) mass is 307 g/mol. The highest BCUT2D eigenvalue weighted by atomic mass is 32.2. The van der Waals surface area contributed by atoms with Crippen LogP contribution in [0, 0.1) is 5.92 Å². The van der Waals surface area contributed by atoms with Crippen molar-refractivity contribution in [2.24, 2.45) is 5.92 Å². The molecule has 2 N–H and O–H groups in total. The molecule has 0 aromatic heterocycles. The predicted octanol–water partition coefficient (Wildman–Crippen LogP) is 2.93. The quantitative estimate of drug-likeness (QED) is 0.793. The van der Waals surface area contributed by atoms with Gasteiger partial charge in [0.05, 0.1) is 5.92 Å². The molecule has 0 spiro atoms. The molecule has 0 heterocycles. The molecule has 114 valence electrons. The van der Waals surface area contributed by atoms with Gasteiger partial charge in [-0.15, -0.1) is 11.8 Å². The Morgan fingerprint density at radius 2 is 2.00 bits per heavy atom. The Balaban J connectivity index is 1.68. The van der Waals surface area contributed by atoms with Crippen molar-refractivity contribution in [2.45, 2.75) is 43.0 Å². The average molecular weight is 307 g/mol. The van der Waals surface area contributed by atoms with Crippen LogP contribution >= 0.6 is 11.8 Å². The molecular formula is C16H21NO3S. The van der Waals surface area contributed by atoms with E-state index in [-0.39, 0.29) is 17.9 Å². The van der Waals surface area contributed by atoms with Crippen LogP contribution in [0.25, 0.3) is 0 Å². The molecule has 2 rings (SSSR count). The summed E-state index contributed by atoms with van der Waals surface area (Å²) in [6.07, 6.45) is 3.52. The van der Waals surface area contributed by atoms with Crippen LogP contribution in [0.4, 0.5) is 0 Å². The van der Waals surface area contributed by atoms with Gasteiger partial charge in [0.15, 0.2) is 0 Å². The third kappa shape index (κ3) is 5.42. The number of aliphatic carboxylic acids is 1. The maximum absolute atomic E-state index is 11.9. The molecule has 1 aliphatic rings. The van der Waals surface area contributed by atoms with Crippen molar-refractivity contribution >= 4 is 23.6 Å². The Morgan fingerprint density at radius 1 is 1.24 bits per heavy atom. The first kappa shape index (κ1) is 15.9. The number of nitrogens with one attached hydrogen (secondary N) is 1. The van der Waals surface area contributed by atoms with Gasteiger partial charge in [-0.05, 0) is 31.4 Å². The van der Waals surface area contributed by atoms with E-state index in [0.717, 1.165) is 29.9 Å². The van der Waals surface area contributed by atoms with E-state index >= 15 is 0 Å². The van der Waals surface area contributed by atoms with Gasteiger partial charge in [0.2, 0.25) is 5.91 Å². The molecule has 0 bridgehead atoms. The Morgan fingerprint density at radius 3 is 2.71 bits per heavy atom. The van der Waals surface area contributed by atoms with Crippen molar-refractivity contribution in [3.63, 3.8) is 0 Å². The number of carboxylic acids is 1. The van der Waals surface area contributed by atoms with E-state index in [1.54, 1.807) is 11.8 Å². The van der Waals surface area contributed by atoms with Crippen molar-refractivity contribution in [1.29, 1.82) is 0 Å². The zero-order valence-electron chi connectivity index (χ0n) is 12.0. The van der Waals surface area contributed by atoms with Gasteiger partial charge in [-0.3, -0.25) is 9.59 Å². The lowest BCUT2D eigenvalue weighted by Crippen LogP contribution is -2.40. The van der Waals surface area contributed by atoms with Crippen molar-refractivity contribution in [3.8, 4) is 0 Å². The van der Waals surface area contributed by atoms with Gasteiger partial charge in [-0.1, -0.05) is 24.6 Å². The lowest BCUT2D eigenvalue weighted by Gasteiger charge is -2.27. The maximum Gasteiger partial charge on any atom is 0.306 e. The number of hydrogen-bond donors (Lipinski definition) is 2. The summed E-state index contributed by atoms with van der Waals surface area (Å²) in [5, 5.41) is 12.0. The Bertz CT molecular complexity index is 478. The van der Waals surface area contributed by atoms with E-state index in [1.807, 2.05) is 30.3 Å². The summed E-state index contributed by atoms with van der Waals surface area (Å²) in [4.78, 5) is 24.1. The summed E-state index contributed by atoms with van der Waals surface area (Å²) >= 11 is 1.66. The minimum Gasteiger partial charge on any atom is -0.481 e. The third-order valence-electron chi connectivity index (χ3n) is 3.73. The smallest absolute Gasteiger partial charge is 0.306 e. The third-order valence-corrected chi connectivity index (χ3v) is 4.74. The molecule has 0 saturated heterocycles. The fraction of sp³-hybridized carbons (Fsp3) is 0.500. The molecule has 2 unspecified atom stereocenters. The molecule has 1 aromatic rings. The van der Waals surface area contributed by atoms with Crippen LogP contribution in [0.1, 0.15) is 32.1 Å². The number of carboxylic acid groups (broad SMARTS) is 1. The van der Waals surface area contributed by atoms with Crippen molar-refractivity contribution in [3.05, 3.63) is 30.3 Å². The minimum absolute atomic E-state index is 0.0223. The van der Waals surface area contributed by atoms with Crippen LogP contribution in [0.2, 0.25) is 0 Å². The summed E-state index contributed by atoms with van der Waals surface area (Å²) in [6, 6.07) is 10.0. The summed E-state index contributed by atoms with van der Waals surface area (Å²) in [5.41, 5.74) is 0. The van der Waals surface area contributed by atoms with Crippen LogP contribution in [-0.2, 0) is 9.59 Å². The van der Waals surface area contributed by atoms with Gasteiger partial charge < -0.3 is 10.4 Å². The lowest BCUT2D eigenvalue weighted by atomic mass is 9.86. The van der Waals surface area contributed by atoms with E-state index in [1.165, 1.54) is 0 Å². The second-order valence-corrected chi connectivity index (χ2v) is 6.55. The molecule has 1 aliphatic carbocycles. The number of rotatable bonds is 6. The van der Waals surface area contributed by atoms with E-state index in [2.05, 4.69) is 5.32 Å². The van der Waals surface area contributed by atoms with Crippen molar-refractivity contribution in [2.75, 3.05) is 5.75 Å². The van der Waals surface area contributed by atoms with Gasteiger partial charge >= 0.3 is 5.97 Å². The van der Waals surface area contributed by atoms with Crippen LogP contribution in [0.3, 0.4) is 0 Å². The topological polar surface area (TPSA) is 66.4 Å². The highest BCUT2D eigenvalue weighted by Crippen LogP contribution is 2.24. The first-order valence-corrected chi connectivity index (χ1v) is 8.33. The molecule has 1 saturated carbocycles. The summed E-state index contributed by atoms with van der Waals surface area (Å²) in [5.74, 6) is -0.281. The summed E-state index contributed by atoms with van der Waals surface area (Å²) < 4.78 is 0. The molecule has 5 heteroatoms. The summed E-state index contributed by atoms with van der Waals surface area (Å²) in [6.45, 7) is 0. The SMILES string of the molecule is O=C(CCSc1ccccc1)NC1CCCC(C(=O)O)C1. The first-order valence-electron chi connectivity index (χ1n) is 7.35. The molecule has 0 radical (unpaired) electrons. The van der Waals surface area contributed by atoms with E-state index < -0.39 is 5.97 Å². The normalized spacial score (nSPS) is 21.7. The highest BCUT2D eigenvalue weighted by Gasteiger charge is 2.27. The predicted molar refractivity (Wildman–Crippen MR) is 83.3 cm³/mol. The zero-order chi connectivity index (χ0) is 15.1. The average Bonchev–Trinajstić information content (AvgIpc) is 2.48. The fourth-order valence-electron chi connectivity index (χ4n) is 2.62. The molecule has 2 atom stereocenters. The second-order valence-electron chi connectivity index (χ2n) is 5.38. The van der Waals surface area contributed by atoms with E-state index in [4.69, 9.17) is 5.11 Å². The number of thioether (sulfide) groups is 1. The van der Waals surface area contributed by atoms with E-state index in [9.17, 15) is 9.59 Å². The Labute approximate surface area is 129 Å². The van der Waals surface area contributed by atoms with Gasteiger partial charge in [-0.25, -0.2) is 0 Å². The van der Waals surface area contributed by atoms with Crippen LogP contribution in [0.5, 0.6) is 0 Å². The zero-order valence-corrected chi connectivity index (χ0v) is 12.8. The highest BCUT2D eigenvalue weighted by molar-refractivity contribution is 7.99. The number of carbonyl (C=O) groups is 2. The molecule has 1 aromatic carbocycles. The number of carbonyl (C=O) groups excluding carboxylic acids is 1. The number of amides is 1. The minimum atomic E-state index is -0.742. The standard InChI is InChI=1S/C16H21NO3S/c18-15(9-10-21-14-7-2-1-3-8-14)17-13-6-4-5-12(11-13)16(19)20/h1-3,7-8,12-13H,4-6,9-11H2,(H,17,18)(H,19,20). The van der Waals surface area contributed by atoms with Crippen LogP contribution in [0.15, 0.2) is 35.2 Å². The van der Waals surface area contributed by atoms with E-state index in [0.29, 0.717) is 12.8 Å². The van der Waals surface area contributed by atoms with Gasteiger partial charge in [0, 0.05) is 23.1 Å². The fourth-order valence-corrected chi connectivity index (χ4v) is 3.50. The molecule has 4 nitrogen and oxygen atoms in total. The van der Waals surface area contributed by atoms with Crippen LogP contribution < -0.4 is 5.32 Å². The number of hydrogen-bond acceptors (Lipinski definition) is 3. The Hall–Kier alpha value is -1.49. The Kier molecular flexibility index (Phi) is 6.11. The summed E-state index contributed by atoms with van der Waals surface area (Å²) in [7, 11) is 0. The molecule has 1 amide bonds. The first-order chi connectivity index (χ1) is 10.1. The van der Waals surface area contributed by atoms with Crippen LogP contribution in [-0.4, -0.2) is 28.8 Å². The largest absolute Gasteiger partial charge is 0.481 e. The van der Waals surface area contributed by atoms with Gasteiger partial charge in [0.1, 0.15) is 0 Å². The maximum atomic E-state index is 11.9. The molecular weight excluding hydrogens is 286 g/mol. The van der Waals surface area contributed by atoms with Gasteiger partial charge in [-0.2, -0.15) is 0 Å².